The minimum atomic E-state index is -5.19. The first-order chi connectivity index (χ1) is 19.2. The normalized spacial score (nSPS) is 34.1. The molecule has 2 aliphatic heterocycles. The number of rotatable bonds is 12. The van der Waals surface area contributed by atoms with E-state index in [-0.39, 0.29) is 0 Å². The van der Waals surface area contributed by atoms with Crippen molar-refractivity contribution in [3.63, 3.8) is 0 Å². The van der Waals surface area contributed by atoms with Gasteiger partial charge < -0.3 is 65.0 Å². The molecule has 0 saturated carbocycles. The van der Waals surface area contributed by atoms with Gasteiger partial charge in [0.2, 0.25) is 0 Å². The van der Waals surface area contributed by atoms with Crippen LogP contribution in [0, 0.1) is 0 Å². The predicted molar refractivity (Wildman–Crippen MR) is 146 cm³/mol. The summed E-state index contributed by atoms with van der Waals surface area (Å²) >= 11 is 0. The van der Waals surface area contributed by atoms with Crippen molar-refractivity contribution < 1.29 is 68.8 Å². The molecule has 41 heavy (non-hydrogen) atoms. The number of aliphatic hydroxyl groups is 8. The summed E-state index contributed by atoms with van der Waals surface area (Å²) < 4.78 is 31.0. The molecule has 2 rings (SSSR count). The molecule has 16 nitrogen and oxygen atoms in total. The average Bonchev–Trinajstić information content (AvgIpc) is 2.96. The molecule has 2 fully saturated rings. The molecule has 0 bridgehead atoms. The van der Waals surface area contributed by atoms with E-state index in [1.54, 1.807) is 0 Å². The number of hydrogen-bond donors (Lipinski definition) is 9. The Labute approximate surface area is 242 Å². The van der Waals surface area contributed by atoms with E-state index in [2.05, 4.69) is 60.4 Å². The van der Waals surface area contributed by atoms with Crippen LogP contribution in [0.1, 0.15) is 41.5 Å². The molecule has 0 spiro atoms. The maximum Gasteiger partial charge on any atom is 0.477 e. The lowest BCUT2D eigenvalue weighted by Gasteiger charge is -2.41. The topological polar surface area (TPSA) is 243 Å². The van der Waals surface area contributed by atoms with Crippen LogP contribution in [0.25, 0.3) is 0 Å². The van der Waals surface area contributed by atoms with Crippen LogP contribution in [-0.2, 0) is 23.1 Å². The number of phosphoric acid groups is 1. The lowest BCUT2D eigenvalue weighted by molar-refractivity contribution is -0.296. The molecule has 0 amide bonds. The molecule has 0 aromatic carbocycles. The van der Waals surface area contributed by atoms with Crippen LogP contribution < -0.4 is 0 Å². The van der Waals surface area contributed by atoms with Gasteiger partial charge in [-0.25, -0.2) is 4.57 Å². The number of nitrogens with zero attached hydrogens (tertiary/aromatic N) is 2. The SMILES string of the molecule is CCN(CC)CC.CCN(CC)CC.O=P(O)(O[C@@H]1O[C@H](CO)[C@@H](O)[C@H](O)[C@H]1O)O[C@@H]1O[C@H](CO)[C@@H](O)[C@H](O)[C@H]1O. The number of ether oxygens (including phenoxy) is 2. The molecule has 17 heteroatoms. The van der Waals surface area contributed by atoms with Gasteiger partial charge >= 0.3 is 7.82 Å². The molecule has 0 aliphatic carbocycles. The Bertz CT molecular complexity index is 651. The summed E-state index contributed by atoms with van der Waals surface area (Å²) in [5.41, 5.74) is 0. The molecule has 2 saturated heterocycles. The molecule has 2 heterocycles. The third-order valence-electron chi connectivity index (χ3n) is 6.85. The molecular formula is C24H53N2O14P. The Morgan fingerprint density at radius 1 is 0.561 bits per heavy atom. The van der Waals surface area contributed by atoms with Crippen molar-refractivity contribution in [2.24, 2.45) is 0 Å². The van der Waals surface area contributed by atoms with Gasteiger partial charge in [-0.05, 0) is 39.3 Å². The van der Waals surface area contributed by atoms with E-state index < -0.39 is 82.4 Å². The summed E-state index contributed by atoms with van der Waals surface area (Å²) in [6.45, 7) is 18.6. The molecule has 2 aliphatic rings. The van der Waals surface area contributed by atoms with E-state index >= 15 is 0 Å². The Kier molecular flexibility index (Phi) is 20.4. The maximum absolute atomic E-state index is 12.1. The zero-order chi connectivity index (χ0) is 31.9. The number of aliphatic hydroxyl groups excluding tert-OH is 8. The average molecular weight is 625 g/mol. The van der Waals surface area contributed by atoms with E-state index in [9.17, 15) is 40.1 Å². The molecule has 0 unspecified atom stereocenters. The van der Waals surface area contributed by atoms with Crippen LogP contribution in [0.3, 0.4) is 0 Å². The van der Waals surface area contributed by atoms with Crippen LogP contribution in [0.4, 0.5) is 0 Å². The van der Waals surface area contributed by atoms with Gasteiger partial charge in [0.15, 0.2) is 12.6 Å². The van der Waals surface area contributed by atoms with Crippen molar-refractivity contribution in [2.75, 3.05) is 52.5 Å². The predicted octanol–water partition coefficient (Wildman–Crippen LogP) is -2.58. The smallest absolute Gasteiger partial charge is 0.394 e. The zero-order valence-electron chi connectivity index (χ0n) is 24.8. The highest BCUT2D eigenvalue weighted by molar-refractivity contribution is 7.47. The molecule has 248 valence electrons. The summed E-state index contributed by atoms with van der Waals surface area (Å²) in [6, 6.07) is 0. The zero-order valence-corrected chi connectivity index (χ0v) is 25.7. The summed E-state index contributed by atoms with van der Waals surface area (Å²) in [5.74, 6) is 0. The van der Waals surface area contributed by atoms with Crippen molar-refractivity contribution in [1.82, 2.24) is 9.80 Å². The Morgan fingerprint density at radius 2 is 0.829 bits per heavy atom. The summed E-state index contributed by atoms with van der Waals surface area (Å²) in [6.07, 6.45) is -18.1. The van der Waals surface area contributed by atoms with Crippen molar-refractivity contribution in [2.45, 2.75) is 103 Å². The molecule has 9 N–H and O–H groups in total. The van der Waals surface area contributed by atoms with Crippen LogP contribution in [0.2, 0.25) is 0 Å². The third-order valence-corrected chi connectivity index (χ3v) is 7.80. The Balaban J connectivity index is 0.000000941. The summed E-state index contributed by atoms with van der Waals surface area (Å²) in [4.78, 5) is 14.5. The van der Waals surface area contributed by atoms with E-state index in [0.717, 1.165) is 0 Å². The fraction of sp³-hybridized carbons (Fsp3) is 1.00. The lowest BCUT2D eigenvalue weighted by atomic mass is 9.99. The second-order valence-electron chi connectivity index (χ2n) is 9.31. The van der Waals surface area contributed by atoms with Crippen LogP contribution >= 0.6 is 7.82 Å². The minimum absolute atomic E-state index is 0.811. The van der Waals surface area contributed by atoms with Crippen LogP contribution in [0.15, 0.2) is 0 Å². The minimum Gasteiger partial charge on any atom is -0.394 e. The fourth-order valence-electron chi connectivity index (χ4n) is 3.94. The molecule has 0 aromatic rings. The fourth-order valence-corrected chi connectivity index (χ4v) is 4.86. The van der Waals surface area contributed by atoms with Crippen molar-refractivity contribution in [3.8, 4) is 0 Å². The highest BCUT2D eigenvalue weighted by Gasteiger charge is 2.50. The largest absolute Gasteiger partial charge is 0.477 e. The van der Waals surface area contributed by atoms with Crippen molar-refractivity contribution in [1.29, 1.82) is 0 Å². The van der Waals surface area contributed by atoms with E-state index in [1.165, 1.54) is 39.3 Å². The first kappa shape index (κ1) is 40.6. The van der Waals surface area contributed by atoms with Crippen molar-refractivity contribution >= 4 is 7.82 Å². The molecule has 0 aromatic heterocycles. The highest BCUT2D eigenvalue weighted by atomic mass is 31.2. The number of phosphoric ester groups is 1. The van der Waals surface area contributed by atoms with Gasteiger partial charge in [-0.3, -0.25) is 9.05 Å². The van der Waals surface area contributed by atoms with Crippen LogP contribution in [-0.4, -0.2) is 169 Å². The van der Waals surface area contributed by atoms with Gasteiger partial charge in [0.1, 0.15) is 48.8 Å². The second-order valence-corrected chi connectivity index (χ2v) is 10.7. The summed E-state index contributed by atoms with van der Waals surface area (Å²) in [5, 5.41) is 76.2. The van der Waals surface area contributed by atoms with E-state index in [4.69, 9.17) is 19.7 Å². The van der Waals surface area contributed by atoms with Crippen LogP contribution in [0.5, 0.6) is 0 Å². The number of hydrogen-bond acceptors (Lipinski definition) is 15. The van der Waals surface area contributed by atoms with Gasteiger partial charge in [0, 0.05) is 0 Å². The van der Waals surface area contributed by atoms with Crippen molar-refractivity contribution in [3.05, 3.63) is 0 Å². The van der Waals surface area contributed by atoms with Gasteiger partial charge in [0.05, 0.1) is 13.2 Å². The second kappa shape index (κ2) is 20.6. The van der Waals surface area contributed by atoms with Gasteiger partial charge in [-0.1, -0.05) is 41.5 Å². The van der Waals surface area contributed by atoms with E-state index in [0.29, 0.717) is 0 Å². The van der Waals surface area contributed by atoms with Gasteiger partial charge in [-0.2, -0.15) is 0 Å². The highest BCUT2D eigenvalue weighted by Crippen LogP contribution is 2.49. The molecule has 10 atom stereocenters. The van der Waals surface area contributed by atoms with E-state index in [1.807, 2.05) is 0 Å². The van der Waals surface area contributed by atoms with Gasteiger partial charge in [-0.15, -0.1) is 0 Å². The Morgan fingerprint density at radius 3 is 1.02 bits per heavy atom. The standard InChI is InChI=1S/C12H23O14P.2C6H15N/c13-1-3-5(15)7(17)9(19)11(23-3)25-27(21,22)26-12-10(20)8(18)6(16)4(2-14)24-12;2*1-4-7(5-2)6-3/h3-20H,1-2H2,(H,21,22);2*4-6H2,1-3H3/t3-,4-,5-,6-,7+,8+,9-,10-,11+,12+;;/m1../s1. The molecule has 0 radical (unpaired) electrons. The third kappa shape index (κ3) is 13.0. The molecular weight excluding hydrogens is 571 g/mol. The maximum atomic E-state index is 12.1. The summed E-state index contributed by atoms with van der Waals surface area (Å²) in [7, 11) is -5.19. The monoisotopic (exact) mass is 624 g/mol. The first-order valence-electron chi connectivity index (χ1n) is 14.0. The lowest BCUT2D eigenvalue weighted by Crippen LogP contribution is -2.59. The van der Waals surface area contributed by atoms with Gasteiger partial charge in [0.25, 0.3) is 0 Å². The quantitative estimate of drug-likeness (QED) is 0.101. The first-order valence-corrected chi connectivity index (χ1v) is 15.5. The Hall–Kier alpha value is -0.370.